The molecule has 0 radical (unpaired) electrons. The minimum Gasteiger partial charge on any atom is -0.440 e. The van der Waals surface area contributed by atoms with E-state index in [0.29, 0.717) is 0 Å². The maximum absolute atomic E-state index is 12.0. The molecule has 6 rings (SSSR count). The van der Waals surface area contributed by atoms with Crippen LogP contribution in [0, 0.1) is 9.28 Å². The van der Waals surface area contributed by atoms with Crippen molar-refractivity contribution in [2.45, 2.75) is 49.1 Å². The summed E-state index contributed by atoms with van der Waals surface area (Å²) in [4.78, 5) is 81.2. The van der Waals surface area contributed by atoms with E-state index in [-0.39, 0.29) is 69.7 Å². The van der Waals surface area contributed by atoms with Gasteiger partial charge in [-0.3, -0.25) is 18.2 Å². The second kappa shape index (κ2) is 19.6. The Bertz CT molecular complexity index is 2370. The first-order chi connectivity index (χ1) is 28.2. The molecule has 34 heteroatoms. The second-order valence-corrected chi connectivity index (χ2v) is 15.7. The Morgan fingerprint density at radius 2 is 1.18 bits per heavy atom. The quantitative estimate of drug-likeness (QED) is 0.0442. The lowest BCUT2D eigenvalue weighted by Crippen LogP contribution is -2.42. The van der Waals surface area contributed by atoms with Crippen molar-refractivity contribution < 1.29 is 76.5 Å². The van der Waals surface area contributed by atoms with E-state index in [1.165, 1.54) is 21.8 Å². The molecule has 6 heterocycles. The van der Waals surface area contributed by atoms with Gasteiger partial charge in [-0.15, -0.1) is 0 Å². The summed E-state index contributed by atoms with van der Waals surface area (Å²) in [6, 6.07) is 0. The number of rotatable bonds is 14. The number of aliphatic hydroxyl groups is 2. The fraction of sp³-hybridized carbons (Fsp3) is 0.538. The molecule has 2 amide bonds. The fourth-order valence-corrected chi connectivity index (χ4v) is 6.93. The number of aromatic amines is 2. The van der Waals surface area contributed by atoms with Gasteiger partial charge in [0, 0.05) is 26.2 Å². The van der Waals surface area contributed by atoms with Crippen LogP contribution in [0.3, 0.4) is 0 Å². The van der Waals surface area contributed by atoms with Crippen LogP contribution in [0.15, 0.2) is 12.7 Å². The van der Waals surface area contributed by atoms with Gasteiger partial charge in [0.25, 0.3) is 0 Å². The highest BCUT2D eigenvalue weighted by atomic mass is 32.1. The highest BCUT2D eigenvalue weighted by molar-refractivity contribution is 7.71. The Balaban J connectivity index is 0.000000228. The molecule has 2 saturated heterocycles. The van der Waals surface area contributed by atoms with Gasteiger partial charge in [-0.25, -0.2) is 38.7 Å². The van der Waals surface area contributed by atoms with Crippen molar-refractivity contribution in [3.63, 3.8) is 0 Å². The number of phosphoric acid groups is 2. The van der Waals surface area contributed by atoms with Crippen molar-refractivity contribution in [1.29, 1.82) is 0 Å². The number of ether oxygens (including phenoxy) is 4. The van der Waals surface area contributed by atoms with Crippen LogP contribution in [0.1, 0.15) is 12.5 Å². The number of phosphoric ester groups is 2. The van der Waals surface area contributed by atoms with E-state index >= 15 is 0 Å². The molecule has 0 spiro atoms. The summed E-state index contributed by atoms with van der Waals surface area (Å²) < 4.78 is 55.7. The van der Waals surface area contributed by atoms with Crippen LogP contribution in [0.4, 0.5) is 21.5 Å². The lowest BCUT2D eigenvalue weighted by atomic mass is 10.1. The summed E-state index contributed by atoms with van der Waals surface area (Å²) in [7, 11) is -9.67. The van der Waals surface area contributed by atoms with E-state index in [4.69, 9.17) is 85.9 Å². The molecule has 2 fully saturated rings. The van der Waals surface area contributed by atoms with Crippen LogP contribution in [0.25, 0.3) is 22.3 Å². The van der Waals surface area contributed by atoms with Gasteiger partial charge in [0.05, 0.1) is 25.9 Å². The summed E-state index contributed by atoms with van der Waals surface area (Å²) in [5, 5.41) is 26.1. The SMILES string of the molecule is NCCNC(=O)O[C@@H]1[C@H](O)[C@@H](COP(=O)(O)O)O[C@H]1n1cnc2c(=S)nc(N)[nH]c21.NCCNC(=O)O[C@H]1[C@@H](O)[C@H](n2cnc3c(=S)nc(N)[nH]c32)O[C@@H]1COP(=O)(O)O. The zero-order chi connectivity index (χ0) is 44.1. The number of carbonyl (C=O) groups excluding carboxylic acids is 2. The summed E-state index contributed by atoms with van der Waals surface area (Å²) in [5.41, 5.74) is 23.1. The van der Waals surface area contributed by atoms with Crippen LogP contribution in [-0.4, -0.2) is 157 Å². The molecular weight excluding hydrogens is 890 g/mol. The van der Waals surface area contributed by atoms with Crippen molar-refractivity contribution in [1.82, 2.24) is 49.7 Å². The van der Waals surface area contributed by atoms with Gasteiger partial charge in [-0.2, -0.15) is 0 Å². The number of hydrogen-bond donors (Lipinski definition) is 14. The second-order valence-electron chi connectivity index (χ2n) is 12.4. The van der Waals surface area contributed by atoms with Crippen LogP contribution >= 0.6 is 40.1 Å². The number of amides is 2. The lowest BCUT2D eigenvalue weighted by Gasteiger charge is -2.22. The van der Waals surface area contributed by atoms with Gasteiger partial charge in [0.15, 0.2) is 45.8 Å². The van der Waals surface area contributed by atoms with Crippen molar-refractivity contribution in [2.24, 2.45) is 11.5 Å². The third-order valence-electron chi connectivity index (χ3n) is 8.23. The van der Waals surface area contributed by atoms with Crippen LogP contribution in [-0.2, 0) is 37.1 Å². The number of aromatic nitrogens is 8. The molecule has 0 aliphatic carbocycles. The van der Waals surface area contributed by atoms with E-state index in [9.17, 15) is 28.9 Å². The number of carbonyl (C=O) groups is 2. The van der Waals surface area contributed by atoms with E-state index in [1.807, 2.05) is 0 Å². The molecule has 60 heavy (non-hydrogen) atoms. The number of aliphatic hydroxyl groups excluding tert-OH is 2. The van der Waals surface area contributed by atoms with E-state index in [1.54, 1.807) is 0 Å². The predicted octanol–water partition coefficient (Wildman–Crippen LogP) is -3.02. The molecule has 0 saturated carbocycles. The van der Waals surface area contributed by atoms with Gasteiger partial charge in [0.2, 0.25) is 0 Å². The number of alkyl carbamates (subject to hydrolysis) is 2. The average Bonchev–Trinajstić information content (AvgIpc) is 3.92. The van der Waals surface area contributed by atoms with Gasteiger partial charge < -0.3 is 92.3 Å². The number of anilines is 2. The molecule has 0 bridgehead atoms. The zero-order valence-corrected chi connectivity index (χ0v) is 33.9. The van der Waals surface area contributed by atoms with Crippen LogP contribution in [0.2, 0.25) is 0 Å². The van der Waals surface area contributed by atoms with Crippen LogP contribution < -0.4 is 33.6 Å². The van der Waals surface area contributed by atoms with Crippen molar-refractivity contribution in [3.8, 4) is 0 Å². The third-order valence-corrected chi connectivity index (χ3v) is 9.77. The molecular formula is C26H40N14O16P2S2. The first-order valence-electron chi connectivity index (χ1n) is 17.0. The summed E-state index contributed by atoms with van der Waals surface area (Å²) in [6.07, 6.45) is -9.59. The molecule has 30 nitrogen and oxygen atoms in total. The number of imidazole rings is 2. The number of nitrogens with zero attached hydrogens (tertiary/aromatic N) is 6. The maximum atomic E-state index is 12.0. The summed E-state index contributed by atoms with van der Waals surface area (Å²) >= 11 is 10.2. The van der Waals surface area contributed by atoms with E-state index < -0.39 is 90.1 Å². The normalized spacial score (nSPS) is 24.3. The smallest absolute Gasteiger partial charge is 0.440 e. The number of fused-ring (bicyclic) bond motifs is 2. The maximum Gasteiger partial charge on any atom is 0.469 e. The Morgan fingerprint density at radius 1 is 0.750 bits per heavy atom. The molecule has 4 aromatic heterocycles. The van der Waals surface area contributed by atoms with Crippen LogP contribution in [0.5, 0.6) is 0 Å². The standard InChI is InChI=1S/2C13H20N7O8PS/c14-1-2-16-13(22)28-8-5(3-26-29(23,24)25)27-11(7(8)21)20-4-17-6-9(20)18-12(15)19-10(6)30;14-1-2-16-13(22)28-8-7(21)5(3-26-29(23,24)25)27-11(8)20-4-17-6-9(20)18-12(15)19-10(6)30/h2*4-5,7-8,11,21H,1-3,14H2,(H,16,22)(H2,23,24,25)(H3,15,18,19,30)/t2*5-,7-,8-,11-/m11/s1. The zero-order valence-electron chi connectivity index (χ0n) is 30.5. The largest absolute Gasteiger partial charge is 0.469 e. The number of hydrogen-bond acceptors (Lipinski definition) is 22. The molecule has 2 aliphatic heterocycles. The van der Waals surface area contributed by atoms with Gasteiger partial charge in [0.1, 0.15) is 46.7 Å². The first kappa shape index (κ1) is 46.7. The van der Waals surface area contributed by atoms with Crippen molar-refractivity contribution in [3.05, 3.63) is 21.9 Å². The Morgan fingerprint density at radius 3 is 1.65 bits per heavy atom. The lowest BCUT2D eigenvalue weighted by molar-refractivity contribution is -0.0522. The average molecular weight is 931 g/mol. The van der Waals surface area contributed by atoms with Gasteiger partial charge >= 0.3 is 27.8 Å². The number of H-pyrrole nitrogens is 2. The fourth-order valence-electron chi connectivity index (χ4n) is 5.75. The molecule has 2 aliphatic rings. The predicted molar refractivity (Wildman–Crippen MR) is 205 cm³/mol. The molecule has 332 valence electrons. The van der Waals surface area contributed by atoms with Gasteiger partial charge in [-0.1, -0.05) is 24.4 Å². The number of nitrogens with one attached hydrogen (secondary N) is 4. The van der Waals surface area contributed by atoms with E-state index in [0.717, 1.165) is 0 Å². The summed E-state index contributed by atoms with van der Waals surface area (Å²) in [5.74, 6) is -0.00980. The molecule has 0 unspecified atom stereocenters. The molecule has 4 aromatic rings. The number of nitrogen functional groups attached to an aromatic ring is 2. The molecule has 0 aromatic carbocycles. The molecule has 8 atom stereocenters. The minimum atomic E-state index is -4.85. The monoisotopic (exact) mass is 930 g/mol. The highest BCUT2D eigenvalue weighted by Crippen LogP contribution is 2.41. The number of nitrogens with two attached hydrogens (primary N) is 4. The van der Waals surface area contributed by atoms with Gasteiger partial charge in [-0.05, 0) is 0 Å². The minimum absolute atomic E-state index is 0.00270. The topological polar surface area (TPSA) is 466 Å². The summed E-state index contributed by atoms with van der Waals surface area (Å²) in [6.45, 7) is -0.777. The third kappa shape index (κ3) is 11.5. The Hall–Kier alpha value is -4.34. The van der Waals surface area contributed by atoms with Crippen molar-refractivity contribution >= 4 is 86.5 Å². The van der Waals surface area contributed by atoms with Crippen molar-refractivity contribution in [2.75, 3.05) is 50.9 Å². The first-order valence-corrected chi connectivity index (χ1v) is 20.9. The Labute approximate surface area is 345 Å². The highest BCUT2D eigenvalue weighted by Gasteiger charge is 2.50. The molecule has 18 N–H and O–H groups in total. The van der Waals surface area contributed by atoms with E-state index in [2.05, 4.69) is 49.6 Å². The Kier molecular flexibility index (Phi) is 15.2.